The molecule has 3 N–H and O–H groups in total. The Morgan fingerprint density at radius 1 is 0.925 bits per heavy atom. The fourth-order valence-electron chi connectivity index (χ4n) is 4.59. The molecule has 1 aliphatic carbocycles. The first-order valence-electron chi connectivity index (χ1n) is 13.4. The quantitative estimate of drug-likeness (QED) is 0.197. The van der Waals surface area contributed by atoms with E-state index < -0.39 is 6.04 Å². The van der Waals surface area contributed by atoms with Gasteiger partial charge in [-0.15, -0.1) is 0 Å². The van der Waals surface area contributed by atoms with Crippen LogP contribution in [0, 0.1) is 6.57 Å². The molecule has 1 atom stereocenters. The van der Waals surface area contributed by atoms with E-state index in [0.29, 0.717) is 36.5 Å². The number of aromatic nitrogens is 3. The SMILES string of the molecule is [C-]#[N+]c1ccc(CNC(=O)[C@@H](Cc2ccc3ccccc3c2)Nc2cc(-n3cccc3)nc(NC3CC3)n2)cc1. The Kier molecular flexibility index (Phi) is 7.10. The van der Waals surface area contributed by atoms with Crippen molar-refractivity contribution in [3.05, 3.63) is 120 Å². The number of carbonyl (C=O) groups is 1. The Balaban J connectivity index is 1.27. The number of hydrogen-bond donors (Lipinski definition) is 3. The van der Waals surface area contributed by atoms with Crippen molar-refractivity contribution in [2.24, 2.45) is 0 Å². The van der Waals surface area contributed by atoms with Crippen molar-refractivity contribution < 1.29 is 4.79 Å². The van der Waals surface area contributed by atoms with Crippen LogP contribution in [0.5, 0.6) is 0 Å². The van der Waals surface area contributed by atoms with Gasteiger partial charge in [-0.25, -0.2) is 4.85 Å². The summed E-state index contributed by atoms with van der Waals surface area (Å²) in [7, 11) is 0. The maximum Gasteiger partial charge on any atom is 0.243 e. The van der Waals surface area contributed by atoms with Crippen molar-refractivity contribution in [3.63, 3.8) is 0 Å². The molecule has 5 aromatic rings. The Bertz CT molecular complexity index is 1670. The van der Waals surface area contributed by atoms with E-state index in [1.54, 1.807) is 12.1 Å². The fraction of sp³-hybridized carbons (Fsp3) is 0.188. The number of nitrogens with one attached hydrogen (secondary N) is 3. The largest absolute Gasteiger partial charge is 0.358 e. The number of carbonyl (C=O) groups excluding carboxylic acids is 1. The van der Waals surface area contributed by atoms with Crippen LogP contribution < -0.4 is 16.0 Å². The highest BCUT2D eigenvalue weighted by Crippen LogP contribution is 2.25. The highest BCUT2D eigenvalue weighted by Gasteiger charge is 2.24. The number of hydrogen-bond acceptors (Lipinski definition) is 5. The van der Waals surface area contributed by atoms with E-state index >= 15 is 0 Å². The van der Waals surface area contributed by atoms with Gasteiger partial charge in [0.2, 0.25) is 11.9 Å². The fourth-order valence-corrected chi connectivity index (χ4v) is 4.59. The second-order valence-corrected chi connectivity index (χ2v) is 10.0. The first-order chi connectivity index (χ1) is 19.6. The molecule has 0 aliphatic heterocycles. The number of anilines is 2. The number of benzene rings is 3. The van der Waals surface area contributed by atoms with Crippen LogP contribution >= 0.6 is 0 Å². The standard InChI is InChI=1S/C32H29N7O/c1-33-26-12-9-22(10-13-26)21-34-31(40)28(19-23-8-11-24-6-2-3-7-25(24)18-23)36-29-20-30(39-16-4-5-17-39)38-32(37-29)35-27-14-15-27/h2-13,16-18,20,27-28H,14-15,19,21H2,(H,34,40)(H2,35,36,37,38)/t28-/m1/s1. The maximum atomic E-state index is 13.6. The Hall–Kier alpha value is -5.16. The highest BCUT2D eigenvalue weighted by molar-refractivity contribution is 5.86. The van der Waals surface area contributed by atoms with E-state index in [1.165, 1.54) is 0 Å². The van der Waals surface area contributed by atoms with Gasteiger partial charge in [0.1, 0.15) is 17.7 Å². The molecule has 2 aromatic heterocycles. The van der Waals surface area contributed by atoms with Crippen molar-refractivity contribution in [1.82, 2.24) is 19.9 Å². The van der Waals surface area contributed by atoms with Crippen molar-refractivity contribution in [2.75, 3.05) is 10.6 Å². The molecule has 40 heavy (non-hydrogen) atoms. The van der Waals surface area contributed by atoms with E-state index in [4.69, 9.17) is 16.5 Å². The molecule has 0 radical (unpaired) electrons. The summed E-state index contributed by atoms with van der Waals surface area (Å²) in [6, 6.07) is 27.3. The lowest BCUT2D eigenvalue weighted by Crippen LogP contribution is -2.41. The van der Waals surface area contributed by atoms with Crippen LogP contribution in [0.1, 0.15) is 24.0 Å². The molecule has 0 bridgehead atoms. The summed E-state index contributed by atoms with van der Waals surface area (Å²) < 4.78 is 1.93. The van der Waals surface area contributed by atoms with Crippen molar-refractivity contribution in [3.8, 4) is 5.82 Å². The van der Waals surface area contributed by atoms with Crippen molar-refractivity contribution >= 4 is 34.1 Å². The minimum absolute atomic E-state index is 0.139. The van der Waals surface area contributed by atoms with Gasteiger partial charge in [0.05, 0.1) is 6.57 Å². The topological polar surface area (TPSA) is 88.2 Å². The van der Waals surface area contributed by atoms with E-state index in [2.05, 4.69) is 51.1 Å². The third-order valence-corrected chi connectivity index (χ3v) is 6.92. The molecule has 8 heteroatoms. The van der Waals surface area contributed by atoms with Gasteiger partial charge >= 0.3 is 0 Å². The van der Waals surface area contributed by atoms with E-state index in [1.807, 2.05) is 59.4 Å². The van der Waals surface area contributed by atoms with Crippen molar-refractivity contribution in [1.29, 1.82) is 0 Å². The average molecular weight is 528 g/mol. The van der Waals surface area contributed by atoms with Gasteiger partial charge in [0, 0.05) is 37.5 Å². The smallest absolute Gasteiger partial charge is 0.243 e. The third kappa shape index (κ3) is 6.11. The van der Waals surface area contributed by atoms with Gasteiger partial charge in [-0.2, -0.15) is 9.97 Å². The molecule has 1 aliphatic rings. The normalized spacial score (nSPS) is 13.4. The minimum atomic E-state index is -0.579. The number of fused-ring (bicyclic) bond motifs is 1. The van der Waals surface area contributed by atoms with Crippen LogP contribution in [0.4, 0.5) is 17.5 Å². The molecule has 3 aromatic carbocycles. The summed E-state index contributed by atoms with van der Waals surface area (Å²) in [6.45, 7) is 7.51. The van der Waals surface area contributed by atoms with Gasteiger partial charge < -0.3 is 20.5 Å². The summed E-state index contributed by atoms with van der Waals surface area (Å²) in [4.78, 5) is 26.5. The zero-order valence-corrected chi connectivity index (χ0v) is 21.9. The molecule has 198 valence electrons. The summed E-state index contributed by atoms with van der Waals surface area (Å²) in [6.07, 6.45) is 6.55. The third-order valence-electron chi connectivity index (χ3n) is 6.92. The van der Waals surface area contributed by atoms with E-state index in [0.717, 1.165) is 40.6 Å². The molecule has 0 saturated heterocycles. The molecule has 0 spiro atoms. The van der Waals surface area contributed by atoms with Gasteiger partial charge in [-0.05, 0) is 46.9 Å². The Morgan fingerprint density at radius 2 is 1.68 bits per heavy atom. The van der Waals surface area contributed by atoms with Gasteiger partial charge in [-0.3, -0.25) is 4.79 Å². The summed E-state index contributed by atoms with van der Waals surface area (Å²) in [5, 5.41) is 12.2. The highest BCUT2D eigenvalue weighted by atomic mass is 16.2. The molecule has 1 saturated carbocycles. The number of rotatable bonds is 10. The van der Waals surface area contributed by atoms with Crippen LogP contribution in [0.25, 0.3) is 21.4 Å². The Labute approximate surface area is 232 Å². The minimum Gasteiger partial charge on any atom is -0.358 e. The molecule has 2 heterocycles. The Morgan fingerprint density at radius 3 is 2.42 bits per heavy atom. The van der Waals surface area contributed by atoms with Gasteiger partial charge in [-0.1, -0.05) is 66.7 Å². The van der Waals surface area contributed by atoms with Crippen LogP contribution in [0.3, 0.4) is 0 Å². The molecule has 1 amide bonds. The monoisotopic (exact) mass is 527 g/mol. The molecule has 0 unspecified atom stereocenters. The number of nitrogens with zero attached hydrogens (tertiary/aromatic N) is 4. The average Bonchev–Trinajstić information content (AvgIpc) is 3.62. The molecule has 6 rings (SSSR count). The molecule has 8 nitrogen and oxygen atoms in total. The van der Waals surface area contributed by atoms with Gasteiger partial charge in [0.25, 0.3) is 0 Å². The lowest BCUT2D eigenvalue weighted by molar-refractivity contribution is -0.122. The summed E-state index contributed by atoms with van der Waals surface area (Å²) in [5.41, 5.74) is 2.55. The molecular formula is C32H29N7O. The number of amides is 1. The lowest BCUT2D eigenvalue weighted by Gasteiger charge is -2.20. The molecular weight excluding hydrogens is 498 g/mol. The molecule has 1 fully saturated rings. The van der Waals surface area contributed by atoms with Crippen LogP contribution in [-0.2, 0) is 17.8 Å². The lowest BCUT2D eigenvalue weighted by atomic mass is 10.0. The summed E-state index contributed by atoms with van der Waals surface area (Å²) >= 11 is 0. The second kappa shape index (κ2) is 11.3. The van der Waals surface area contributed by atoms with E-state index in [-0.39, 0.29) is 5.91 Å². The first-order valence-corrected chi connectivity index (χ1v) is 13.4. The zero-order chi connectivity index (χ0) is 27.3. The second-order valence-electron chi connectivity index (χ2n) is 10.0. The zero-order valence-electron chi connectivity index (χ0n) is 21.9. The first kappa shape index (κ1) is 25.1. The van der Waals surface area contributed by atoms with E-state index in [9.17, 15) is 4.79 Å². The van der Waals surface area contributed by atoms with Crippen LogP contribution in [0.2, 0.25) is 0 Å². The van der Waals surface area contributed by atoms with Crippen molar-refractivity contribution in [2.45, 2.75) is 37.9 Å². The predicted octanol–water partition coefficient (Wildman–Crippen LogP) is 5.89. The predicted molar refractivity (Wildman–Crippen MR) is 158 cm³/mol. The van der Waals surface area contributed by atoms with Crippen LogP contribution in [-0.4, -0.2) is 32.5 Å². The maximum absolute atomic E-state index is 13.6. The van der Waals surface area contributed by atoms with Crippen LogP contribution in [0.15, 0.2) is 97.3 Å². The van der Waals surface area contributed by atoms with Gasteiger partial charge in [0.15, 0.2) is 5.69 Å². The summed E-state index contributed by atoms with van der Waals surface area (Å²) in [5.74, 6) is 1.70.